The molecule has 3 nitrogen and oxygen atoms in total. The van der Waals surface area contributed by atoms with Gasteiger partial charge >= 0.3 is 0 Å². The van der Waals surface area contributed by atoms with Crippen LogP contribution in [0.5, 0.6) is 0 Å². The lowest BCUT2D eigenvalue weighted by atomic mass is 9.95. The van der Waals surface area contributed by atoms with Gasteiger partial charge in [0.1, 0.15) is 0 Å². The van der Waals surface area contributed by atoms with Crippen LogP contribution in [0.4, 0.5) is 5.69 Å². The molecule has 0 spiro atoms. The van der Waals surface area contributed by atoms with E-state index < -0.39 is 0 Å². The molecule has 4 heteroatoms. The van der Waals surface area contributed by atoms with Gasteiger partial charge in [0, 0.05) is 30.3 Å². The van der Waals surface area contributed by atoms with Crippen LogP contribution in [0.15, 0.2) is 18.2 Å². The Morgan fingerprint density at radius 2 is 2.29 bits per heavy atom. The maximum absolute atomic E-state index is 9.75. The summed E-state index contributed by atoms with van der Waals surface area (Å²) in [5.74, 6) is 0.286. The van der Waals surface area contributed by atoms with E-state index in [0.29, 0.717) is 6.54 Å². The standard InChI is InChI=1S/C13H19ClN2O/c1-9-8-16(5-4-13(9)17)12-6-11(14)3-2-10(12)7-15/h2-3,6,9,13,17H,4-5,7-8,15H2,1H3. The topological polar surface area (TPSA) is 49.5 Å². The second-order valence-corrected chi connectivity index (χ2v) is 5.19. The van der Waals surface area contributed by atoms with E-state index in [9.17, 15) is 5.11 Å². The van der Waals surface area contributed by atoms with Gasteiger partial charge in [-0.25, -0.2) is 0 Å². The van der Waals surface area contributed by atoms with Crippen molar-refractivity contribution in [2.75, 3.05) is 18.0 Å². The number of benzene rings is 1. The molecule has 1 aromatic carbocycles. The van der Waals surface area contributed by atoms with Crippen LogP contribution in [0, 0.1) is 5.92 Å². The van der Waals surface area contributed by atoms with Crippen molar-refractivity contribution in [3.8, 4) is 0 Å². The lowest BCUT2D eigenvalue weighted by molar-refractivity contribution is 0.0970. The number of rotatable bonds is 2. The second-order valence-electron chi connectivity index (χ2n) is 4.76. The third kappa shape index (κ3) is 2.73. The minimum Gasteiger partial charge on any atom is -0.393 e. The Morgan fingerprint density at radius 3 is 2.94 bits per heavy atom. The molecule has 1 aromatic rings. The van der Waals surface area contributed by atoms with Gasteiger partial charge in [-0.2, -0.15) is 0 Å². The molecule has 0 saturated carbocycles. The summed E-state index contributed by atoms with van der Waals surface area (Å²) in [5, 5.41) is 10.5. The summed E-state index contributed by atoms with van der Waals surface area (Å²) in [7, 11) is 0. The predicted molar refractivity (Wildman–Crippen MR) is 71.3 cm³/mol. The molecule has 94 valence electrons. The van der Waals surface area contributed by atoms with E-state index in [1.165, 1.54) is 0 Å². The van der Waals surface area contributed by atoms with Crippen molar-refractivity contribution in [3.63, 3.8) is 0 Å². The van der Waals surface area contributed by atoms with Crippen molar-refractivity contribution in [1.82, 2.24) is 0 Å². The Balaban J connectivity index is 2.24. The third-order valence-electron chi connectivity index (χ3n) is 3.47. The van der Waals surface area contributed by atoms with Crippen LogP contribution in [-0.4, -0.2) is 24.3 Å². The lowest BCUT2D eigenvalue weighted by Crippen LogP contribution is -2.42. The largest absolute Gasteiger partial charge is 0.393 e. The van der Waals surface area contributed by atoms with Gasteiger partial charge in [-0.1, -0.05) is 24.6 Å². The van der Waals surface area contributed by atoms with Crippen LogP contribution in [0.25, 0.3) is 0 Å². The minimum absolute atomic E-state index is 0.188. The maximum Gasteiger partial charge on any atom is 0.0599 e. The molecule has 1 aliphatic rings. The number of piperidine rings is 1. The van der Waals surface area contributed by atoms with E-state index in [1.807, 2.05) is 18.2 Å². The molecule has 0 aromatic heterocycles. The fourth-order valence-corrected chi connectivity index (χ4v) is 2.52. The van der Waals surface area contributed by atoms with E-state index in [0.717, 1.165) is 35.8 Å². The zero-order valence-corrected chi connectivity index (χ0v) is 10.8. The van der Waals surface area contributed by atoms with Gasteiger partial charge in [-0.15, -0.1) is 0 Å². The second kappa shape index (κ2) is 5.25. The molecule has 1 heterocycles. The summed E-state index contributed by atoms with van der Waals surface area (Å²) in [6, 6.07) is 5.82. The highest BCUT2D eigenvalue weighted by molar-refractivity contribution is 6.30. The number of nitrogens with zero attached hydrogens (tertiary/aromatic N) is 1. The summed E-state index contributed by atoms with van der Waals surface area (Å²) in [4.78, 5) is 2.27. The monoisotopic (exact) mass is 254 g/mol. The van der Waals surface area contributed by atoms with E-state index in [2.05, 4.69) is 11.8 Å². The number of aliphatic hydroxyl groups excluding tert-OH is 1. The van der Waals surface area contributed by atoms with Gasteiger partial charge in [0.2, 0.25) is 0 Å². The van der Waals surface area contributed by atoms with Crippen molar-refractivity contribution >= 4 is 17.3 Å². The molecule has 2 unspecified atom stereocenters. The van der Waals surface area contributed by atoms with Crippen molar-refractivity contribution in [3.05, 3.63) is 28.8 Å². The van der Waals surface area contributed by atoms with Gasteiger partial charge in [0.15, 0.2) is 0 Å². The van der Waals surface area contributed by atoms with Crippen LogP contribution in [0.3, 0.4) is 0 Å². The normalized spacial score (nSPS) is 25.1. The molecular weight excluding hydrogens is 236 g/mol. The Labute approximate surface area is 107 Å². The van der Waals surface area contributed by atoms with Gasteiger partial charge in [0.05, 0.1) is 6.10 Å². The average molecular weight is 255 g/mol. The van der Waals surface area contributed by atoms with E-state index in [-0.39, 0.29) is 12.0 Å². The highest BCUT2D eigenvalue weighted by atomic mass is 35.5. The van der Waals surface area contributed by atoms with Gasteiger partial charge in [0.25, 0.3) is 0 Å². The molecular formula is C13H19ClN2O. The Kier molecular flexibility index (Phi) is 3.92. The predicted octanol–water partition coefficient (Wildman–Crippen LogP) is 2.01. The van der Waals surface area contributed by atoms with Crippen LogP contribution < -0.4 is 10.6 Å². The molecule has 0 bridgehead atoms. The molecule has 0 radical (unpaired) electrons. The first kappa shape index (κ1) is 12.7. The fraction of sp³-hybridized carbons (Fsp3) is 0.538. The molecule has 2 atom stereocenters. The number of aliphatic hydroxyl groups is 1. The van der Waals surface area contributed by atoms with Gasteiger partial charge in [-0.05, 0) is 30.0 Å². The molecule has 1 aliphatic heterocycles. The number of hydrogen-bond acceptors (Lipinski definition) is 3. The fourth-order valence-electron chi connectivity index (χ4n) is 2.36. The smallest absolute Gasteiger partial charge is 0.0599 e. The van der Waals surface area contributed by atoms with Gasteiger partial charge < -0.3 is 15.7 Å². The highest BCUT2D eigenvalue weighted by Crippen LogP contribution is 2.28. The number of hydrogen-bond donors (Lipinski definition) is 2. The van der Waals surface area contributed by atoms with Crippen molar-refractivity contribution < 1.29 is 5.11 Å². The minimum atomic E-state index is -0.188. The van der Waals surface area contributed by atoms with E-state index in [4.69, 9.17) is 17.3 Å². The van der Waals surface area contributed by atoms with Crippen LogP contribution >= 0.6 is 11.6 Å². The van der Waals surface area contributed by atoms with Crippen molar-refractivity contribution in [1.29, 1.82) is 0 Å². The Morgan fingerprint density at radius 1 is 1.53 bits per heavy atom. The summed E-state index contributed by atoms with van der Waals surface area (Å²) in [6.45, 7) is 4.30. The average Bonchev–Trinajstić information content (AvgIpc) is 2.32. The Hall–Kier alpha value is -0.770. The zero-order valence-electron chi connectivity index (χ0n) is 10.1. The van der Waals surface area contributed by atoms with Crippen molar-refractivity contribution in [2.24, 2.45) is 11.7 Å². The SMILES string of the molecule is CC1CN(c2cc(Cl)ccc2CN)CCC1O. The number of halogens is 1. The third-order valence-corrected chi connectivity index (χ3v) is 3.70. The number of nitrogens with two attached hydrogens (primary N) is 1. The van der Waals surface area contributed by atoms with Crippen LogP contribution in [-0.2, 0) is 6.54 Å². The summed E-state index contributed by atoms with van der Waals surface area (Å²) in [5.41, 5.74) is 7.97. The van der Waals surface area contributed by atoms with Gasteiger partial charge in [-0.3, -0.25) is 0 Å². The van der Waals surface area contributed by atoms with Crippen LogP contribution in [0.1, 0.15) is 18.9 Å². The summed E-state index contributed by atoms with van der Waals surface area (Å²) < 4.78 is 0. The molecule has 0 aliphatic carbocycles. The quantitative estimate of drug-likeness (QED) is 0.849. The first-order valence-corrected chi connectivity index (χ1v) is 6.41. The summed E-state index contributed by atoms with van der Waals surface area (Å²) in [6.07, 6.45) is 0.615. The van der Waals surface area contributed by atoms with Crippen LogP contribution in [0.2, 0.25) is 5.02 Å². The van der Waals surface area contributed by atoms with Crippen molar-refractivity contribution in [2.45, 2.75) is 26.0 Å². The highest BCUT2D eigenvalue weighted by Gasteiger charge is 2.25. The zero-order chi connectivity index (χ0) is 12.4. The summed E-state index contributed by atoms with van der Waals surface area (Å²) >= 11 is 6.04. The first-order valence-electron chi connectivity index (χ1n) is 6.03. The van der Waals surface area contributed by atoms with E-state index >= 15 is 0 Å². The molecule has 3 N–H and O–H groups in total. The molecule has 17 heavy (non-hydrogen) atoms. The maximum atomic E-state index is 9.75. The molecule has 2 rings (SSSR count). The lowest BCUT2D eigenvalue weighted by Gasteiger charge is -2.37. The Bertz CT molecular complexity index is 397. The van der Waals surface area contributed by atoms with E-state index in [1.54, 1.807) is 0 Å². The molecule has 1 fully saturated rings. The molecule has 1 saturated heterocycles. The molecule has 0 amide bonds. The number of anilines is 1. The first-order chi connectivity index (χ1) is 8.11.